The number of aromatic amines is 1. The number of nitrogens with zero attached hydrogens (tertiary/aromatic N) is 5. The highest BCUT2D eigenvalue weighted by Gasteiger charge is 2.32. The predicted molar refractivity (Wildman–Crippen MR) is 103 cm³/mol. The zero-order chi connectivity index (χ0) is 20.1. The normalized spacial score (nSPS) is 15.5. The number of ether oxygens (including phenoxy) is 1. The monoisotopic (exact) mass is 379 g/mol. The molecule has 1 unspecified atom stereocenters. The quantitative estimate of drug-likeness (QED) is 0.587. The van der Waals surface area contributed by atoms with E-state index in [4.69, 9.17) is 10.5 Å². The standard InChI is InChI=1S/C19H21N7O2/c1-3-28-17-7-6-13(23-14(17)11-21)15-12-22-19(24-15)25(2)18(27)16-5-4-9-26(16)10-8-20/h6-7,12,16H,3-5,9,20H2,1-2H3,(H,22,24). The van der Waals surface area contributed by atoms with Crippen molar-refractivity contribution >= 4 is 11.9 Å². The van der Waals surface area contributed by atoms with Crippen LogP contribution in [0.2, 0.25) is 0 Å². The third kappa shape index (κ3) is 3.69. The molecular weight excluding hydrogens is 358 g/mol. The van der Waals surface area contributed by atoms with E-state index in [0.717, 1.165) is 12.8 Å². The Morgan fingerprint density at radius 2 is 2.29 bits per heavy atom. The molecule has 3 rings (SSSR count). The average molecular weight is 379 g/mol. The number of anilines is 1. The highest BCUT2D eigenvalue weighted by atomic mass is 16.5. The summed E-state index contributed by atoms with van der Waals surface area (Å²) >= 11 is 0. The fourth-order valence-corrected chi connectivity index (χ4v) is 3.12. The van der Waals surface area contributed by atoms with E-state index in [1.807, 2.05) is 13.0 Å². The van der Waals surface area contributed by atoms with Gasteiger partial charge in [-0.1, -0.05) is 0 Å². The SMILES string of the molecule is CCOc1ccc(-c2c[nH]c(N(C)C(=O)C3CCCN3C#CN)n2)nc1C#N. The van der Waals surface area contributed by atoms with Crippen LogP contribution in [0.5, 0.6) is 5.75 Å². The number of hydrogen-bond acceptors (Lipinski definition) is 7. The zero-order valence-corrected chi connectivity index (χ0v) is 15.8. The molecule has 144 valence electrons. The molecule has 2 aromatic heterocycles. The minimum Gasteiger partial charge on any atom is -0.491 e. The van der Waals surface area contributed by atoms with Gasteiger partial charge in [0.1, 0.15) is 17.8 Å². The van der Waals surface area contributed by atoms with Crippen LogP contribution in [0.4, 0.5) is 5.95 Å². The number of likely N-dealkylation sites (N-methyl/N-ethyl adjacent to an activating group) is 1. The Kier molecular flexibility index (Phi) is 5.66. The van der Waals surface area contributed by atoms with Crippen LogP contribution >= 0.6 is 0 Å². The van der Waals surface area contributed by atoms with Crippen LogP contribution in [0.25, 0.3) is 11.4 Å². The molecule has 0 aliphatic carbocycles. The number of aromatic nitrogens is 3. The number of nitrogens with two attached hydrogens (primary N) is 1. The Morgan fingerprint density at radius 3 is 3.00 bits per heavy atom. The molecule has 28 heavy (non-hydrogen) atoms. The number of pyridine rings is 1. The lowest BCUT2D eigenvalue weighted by Gasteiger charge is -2.23. The maximum atomic E-state index is 12.8. The van der Waals surface area contributed by atoms with Crippen molar-refractivity contribution in [2.24, 2.45) is 5.73 Å². The van der Waals surface area contributed by atoms with E-state index in [0.29, 0.717) is 36.2 Å². The van der Waals surface area contributed by atoms with Crippen LogP contribution in [0.15, 0.2) is 18.3 Å². The Bertz CT molecular complexity index is 967. The number of carbonyl (C=O) groups is 1. The number of rotatable bonds is 5. The molecule has 9 nitrogen and oxygen atoms in total. The fourth-order valence-electron chi connectivity index (χ4n) is 3.12. The maximum absolute atomic E-state index is 12.8. The molecule has 0 radical (unpaired) electrons. The first-order valence-electron chi connectivity index (χ1n) is 8.94. The lowest BCUT2D eigenvalue weighted by atomic mass is 10.2. The lowest BCUT2D eigenvalue weighted by molar-refractivity contribution is -0.121. The van der Waals surface area contributed by atoms with E-state index < -0.39 is 0 Å². The zero-order valence-electron chi connectivity index (χ0n) is 15.8. The number of amides is 1. The van der Waals surface area contributed by atoms with Crippen LogP contribution in [-0.2, 0) is 4.79 Å². The maximum Gasteiger partial charge on any atom is 0.252 e. The van der Waals surface area contributed by atoms with Crippen LogP contribution in [0, 0.1) is 23.4 Å². The first kappa shape index (κ1) is 19.1. The largest absolute Gasteiger partial charge is 0.491 e. The number of likely N-dealkylation sites (tertiary alicyclic amines) is 1. The molecular formula is C19H21N7O2. The van der Waals surface area contributed by atoms with Crippen molar-refractivity contribution in [3.63, 3.8) is 0 Å². The van der Waals surface area contributed by atoms with Crippen LogP contribution in [0.3, 0.4) is 0 Å². The van der Waals surface area contributed by atoms with E-state index in [1.54, 1.807) is 30.3 Å². The topological polar surface area (TPSA) is 124 Å². The molecule has 1 amide bonds. The highest BCUT2D eigenvalue weighted by molar-refractivity contribution is 5.95. The fraction of sp³-hybridized carbons (Fsp3) is 0.368. The lowest BCUT2D eigenvalue weighted by Crippen LogP contribution is -2.42. The van der Waals surface area contributed by atoms with Crippen molar-refractivity contribution in [3.8, 4) is 35.3 Å². The molecule has 3 heterocycles. The van der Waals surface area contributed by atoms with Crippen molar-refractivity contribution in [2.75, 3.05) is 25.1 Å². The first-order valence-corrected chi connectivity index (χ1v) is 8.94. The van der Waals surface area contributed by atoms with Crippen molar-refractivity contribution < 1.29 is 9.53 Å². The van der Waals surface area contributed by atoms with Gasteiger partial charge in [-0.2, -0.15) is 5.26 Å². The smallest absolute Gasteiger partial charge is 0.252 e. The second-order valence-corrected chi connectivity index (χ2v) is 6.20. The number of hydrogen-bond donors (Lipinski definition) is 2. The Balaban J connectivity index is 1.81. The number of imidazole rings is 1. The van der Waals surface area contributed by atoms with Gasteiger partial charge in [0.15, 0.2) is 11.4 Å². The van der Waals surface area contributed by atoms with Crippen molar-refractivity contribution in [1.29, 1.82) is 5.26 Å². The van der Waals surface area contributed by atoms with Gasteiger partial charge in [0.2, 0.25) is 5.95 Å². The van der Waals surface area contributed by atoms with Crippen LogP contribution < -0.4 is 15.4 Å². The molecule has 0 spiro atoms. The molecule has 1 aliphatic rings. The summed E-state index contributed by atoms with van der Waals surface area (Å²) in [6.45, 7) is 3.00. The Hall–Kier alpha value is -3.72. The molecule has 3 N–H and O–H groups in total. The number of nitriles is 1. The van der Waals surface area contributed by atoms with Gasteiger partial charge in [0.05, 0.1) is 12.3 Å². The summed E-state index contributed by atoms with van der Waals surface area (Å²) in [5.41, 5.74) is 6.52. The van der Waals surface area contributed by atoms with Gasteiger partial charge in [-0.3, -0.25) is 9.69 Å². The molecule has 1 saturated heterocycles. The third-order valence-corrected chi connectivity index (χ3v) is 4.49. The van der Waals surface area contributed by atoms with Crippen molar-refractivity contribution in [3.05, 3.63) is 24.0 Å². The summed E-state index contributed by atoms with van der Waals surface area (Å²) in [6, 6.07) is 10.2. The molecule has 9 heteroatoms. The van der Waals surface area contributed by atoms with Gasteiger partial charge in [0.25, 0.3) is 5.91 Å². The molecule has 0 aromatic carbocycles. The second-order valence-electron chi connectivity index (χ2n) is 6.20. The molecule has 1 fully saturated rings. The van der Waals surface area contributed by atoms with E-state index in [2.05, 4.69) is 27.0 Å². The van der Waals surface area contributed by atoms with E-state index in [1.165, 1.54) is 4.90 Å². The van der Waals surface area contributed by atoms with Gasteiger partial charge >= 0.3 is 0 Å². The highest BCUT2D eigenvalue weighted by Crippen LogP contribution is 2.24. The summed E-state index contributed by atoms with van der Waals surface area (Å²) < 4.78 is 5.39. The summed E-state index contributed by atoms with van der Waals surface area (Å²) in [7, 11) is 1.66. The van der Waals surface area contributed by atoms with E-state index in [-0.39, 0.29) is 17.6 Å². The average Bonchev–Trinajstić information content (AvgIpc) is 3.37. The van der Waals surface area contributed by atoms with Crippen molar-refractivity contribution in [2.45, 2.75) is 25.8 Å². The van der Waals surface area contributed by atoms with Gasteiger partial charge < -0.3 is 20.4 Å². The van der Waals surface area contributed by atoms with Crippen molar-refractivity contribution in [1.82, 2.24) is 19.9 Å². The van der Waals surface area contributed by atoms with Crippen LogP contribution in [0.1, 0.15) is 25.5 Å². The minimum absolute atomic E-state index is 0.112. The molecule has 1 atom stereocenters. The summed E-state index contributed by atoms with van der Waals surface area (Å²) in [6.07, 6.45) is 3.25. The molecule has 0 bridgehead atoms. The number of H-pyrrole nitrogens is 1. The summed E-state index contributed by atoms with van der Waals surface area (Å²) in [5.74, 6) is 0.708. The van der Waals surface area contributed by atoms with Gasteiger partial charge in [-0.05, 0) is 31.9 Å². The Morgan fingerprint density at radius 1 is 1.46 bits per heavy atom. The van der Waals surface area contributed by atoms with Gasteiger partial charge in [-0.25, -0.2) is 9.97 Å². The molecule has 1 aliphatic heterocycles. The first-order chi connectivity index (χ1) is 13.6. The molecule has 0 saturated carbocycles. The second kappa shape index (κ2) is 8.31. The minimum atomic E-state index is -0.344. The number of carbonyl (C=O) groups excluding carboxylic acids is 1. The summed E-state index contributed by atoms with van der Waals surface area (Å²) in [4.78, 5) is 27.8. The van der Waals surface area contributed by atoms with Gasteiger partial charge in [0, 0.05) is 31.9 Å². The molecule has 2 aromatic rings. The van der Waals surface area contributed by atoms with E-state index in [9.17, 15) is 10.1 Å². The Labute approximate surface area is 163 Å². The third-order valence-electron chi connectivity index (χ3n) is 4.49. The van der Waals surface area contributed by atoms with E-state index >= 15 is 0 Å². The summed E-state index contributed by atoms with van der Waals surface area (Å²) in [5, 5.41) is 9.27. The predicted octanol–water partition coefficient (Wildman–Crippen LogP) is 1.05. The van der Waals surface area contributed by atoms with Crippen LogP contribution in [-0.4, -0.2) is 52.0 Å². The van der Waals surface area contributed by atoms with Gasteiger partial charge in [-0.15, -0.1) is 0 Å². The number of nitrogens with one attached hydrogen (secondary N) is 1.